The maximum atomic E-state index is 12.2. The van der Waals surface area contributed by atoms with Crippen molar-refractivity contribution in [3.8, 4) is 0 Å². The van der Waals surface area contributed by atoms with Gasteiger partial charge in [0.25, 0.3) is 0 Å². The predicted molar refractivity (Wildman–Crippen MR) is 101 cm³/mol. The van der Waals surface area contributed by atoms with Crippen LogP contribution in [-0.4, -0.2) is 41.9 Å². The van der Waals surface area contributed by atoms with Gasteiger partial charge in [-0.2, -0.15) is 0 Å². The van der Waals surface area contributed by atoms with Crippen LogP contribution in [0, 0.1) is 0 Å². The Bertz CT molecular complexity index is 645. The second kappa shape index (κ2) is 9.22. The molecule has 7 nitrogen and oxygen atoms in total. The second-order valence-corrected chi connectivity index (χ2v) is 6.71. The molecule has 142 valence electrons. The van der Waals surface area contributed by atoms with E-state index in [0.717, 1.165) is 24.2 Å². The monoisotopic (exact) mass is 360 g/mol. The number of hydrogen-bond donors (Lipinski definition) is 3. The van der Waals surface area contributed by atoms with Gasteiger partial charge in [0.15, 0.2) is 0 Å². The molecule has 2 atom stereocenters. The Labute approximate surface area is 154 Å². The molecule has 4 amide bonds. The van der Waals surface area contributed by atoms with Gasteiger partial charge in [-0.3, -0.25) is 9.59 Å². The lowest BCUT2D eigenvalue weighted by Gasteiger charge is -2.23. The summed E-state index contributed by atoms with van der Waals surface area (Å²) in [6.07, 6.45) is 1.93. The molecule has 0 saturated carbocycles. The van der Waals surface area contributed by atoms with Crippen molar-refractivity contribution >= 4 is 23.5 Å². The molecule has 1 aliphatic heterocycles. The fourth-order valence-electron chi connectivity index (χ4n) is 2.92. The number of carbonyl (C=O) groups excluding carboxylic acids is 3. The van der Waals surface area contributed by atoms with Gasteiger partial charge in [-0.15, -0.1) is 0 Å². The summed E-state index contributed by atoms with van der Waals surface area (Å²) in [5.74, 6) is 0.122. The fraction of sp³-hybridized carbons (Fsp3) is 0.526. The zero-order valence-electron chi connectivity index (χ0n) is 15.7. The maximum Gasteiger partial charge on any atom is 0.315 e. The Kier molecular flexibility index (Phi) is 7.00. The van der Waals surface area contributed by atoms with Crippen molar-refractivity contribution in [2.75, 3.05) is 18.4 Å². The van der Waals surface area contributed by atoms with Crippen molar-refractivity contribution in [3.05, 3.63) is 29.8 Å². The molecule has 2 rings (SSSR count). The predicted octanol–water partition coefficient (Wildman–Crippen LogP) is 2.41. The second-order valence-electron chi connectivity index (χ2n) is 6.71. The molecular weight excluding hydrogens is 332 g/mol. The highest BCUT2D eigenvalue weighted by molar-refractivity contribution is 5.90. The number of likely N-dealkylation sites (tertiary alicyclic amines) is 1. The van der Waals surface area contributed by atoms with Gasteiger partial charge >= 0.3 is 6.03 Å². The summed E-state index contributed by atoms with van der Waals surface area (Å²) in [5, 5.41) is 8.56. The molecule has 0 bridgehead atoms. The number of carbonyl (C=O) groups is 3. The quantitative estimate of drug-likeness (QED) is 0.697. The standard InChI is InChI=1S/C19H28N4O3/c1-4-17(24)22-16-9-7-15(8-10-16)14(3)21-19(26)20-13(2)12-23-11-5-6-18(23)25/h7-10,13-14H,4-6,11-12H2,1-3H3,(H,22,24)(H2,20,21,26). The largest absolute Gasteiger partial charge is 0.341 e. The number of nitrogens with one attached hydrogen (secondary N) is 3. The molecule has 0 aromatic heterocycles. The summed E-state index contributed by atoms with van der Waals surface area (Å²) < 4.78 is 0. The zero-order chi connectivity index (χ0) is 19.1. The van der Waals surface area contributed by atoms with Crippen LogP contribution >= 0.6 is 0 Å². The first kappa shape index (κ1) is 19.8. The SMILES string of the molecule is CCC(=O)Nc1ccc(C(C)NC(=O)NC(C)CN2CCCC2=O)cc1. The van der Waals surface area contributed by atoms with Crippen LogP contribution in [0.2, 0.25) is 0 Å². The van der Waals surface area contributed by atoms with Gasteiger partial charge in [0.1, 0.15) is 0 Å². The third-order valence-electron chi connectivity index (χ3n) is 4.41. The summed E-state index contributed by atoms with van der Waals surface area (Å²) in [4.78, 5) is 37.0. The third-order valence-corrected chi connectivity index (χ3v) is 4.41. The van der Waals surface area contributed by atoms with E-state index in [1.807, 2.05) is 38.1 Å². The molecule has 2 unspecified atom stereocenters. The molecular formula is C19H28N4O3. The Balaban J connectivity index is 1.80. The van der Waals surface area contributed by atoms with Crippen molar-refractivity contribution < 1.29 is 14.4 Å². The van der Waals surface area contributed by atoms with E-state index in [4.69, 9.17) is 0 Å². The molecule has 0 spiro atoms. The summed E-state index contributed by atoms with van der Waals surface area (Å²) in [6, 6.07) is 6.84. The zero-order valence-corrected chi connectivity index (χ0v) is 15.7. The van der Waals surface area contributed by atoms with Crippen LogP contribution in [0.4, 0.5) is 10.5 Å². The molecule has 1 saturated heterocycles. The van der Waals surface area contributed by atoms with Gasteiger partial charge in [-0.05, 0) is 38.0 Å². The third kappa shape index (κ3) is 5.75. The summed E-state index contributed by atoms with van der Waals surface area (Å²) in [7, 11) is 0. The number of anilines is 1. The van der Waals surface area contributed by atoms with Crippen molar-refractivity contribution in [2.45, 2.75) is 52.1 Å². The smallest absolute Gasteiger partial charge is 0.315 e. The van der Waals surface area contributed by atoms with Crippen molar-refractivity contribution in [3.63, 3.8) is 0 Å². The summed E-state index contributed by atoms with van der Waals surface area (Å²) in [6.45, 7) is 6.89. The van der Waals surface area contributed by atoms with Crippen LogP contribution in [0.15, 0.2) is 24.3 Å². The molecule has 1 aromatic rings. The minimum absolute atomic E-state index is 0.0335. The Morgan fingerprint density at radius 3 is 2.42 bits per heavy atom. The van der Waals surface area contributed by atoms with E-state index in [-0.39, 0.29) is 29.9 Å². The lowest BCUT2D eigenvalue weighted by Crippen LogP contribution is -2.46. The molecule has 1 heterocycles. The molecule has 1 aromatic carbocycles. The molecule has 0 aliphatic carbocycles. The van der Waals surface area contributed by atoms with E-state index in [1.54, 1.807) is 11.8 Å². The topological polar surface area (TPSA) is 90.5 Å². The average molecular weight is 360 g/mol. The number of hydrogen-bond acceptors (Lipinski definition) is 3. The Morgan fingerprint density at radius 1 is 1.15 bits per heavy atom. The number of rotatable bonds is 7. The number of benzene rings is 1. The number of urea groups is 1. The van der Waals surface area contributed by atoms with Gasteiger partial charge in [0.2, 0.25) is 11.8 Å². The molecule has 7 heteroatoms. The van der Waals surface area contributed by atoms with E-state index >= 15 is 0 Å². The Morgan fingerprint density at radius 2 is 1.85 bits per heavy atom. The number of amides is 4. The van der Waals surface area contributed by atoms with Crippen LogP contribution in [0.25, 0.3) is 0 Å². The van der Waals surface area contributed by atoms with E-state index < -0.39 is 0 Å². The van der Waals surface area contributed by atoms with Gasteiger partial charge < -0.3 is 20.9 Å². The van der Waals surface area contributed by atoms with Crippen LogP contribution in [0.5, 0.6) is 0 Å². The number of nitrogens with zero attached hydrogens (tertiary/aromatic N) is 1. The first-order chi connectivity index (χ1) is 12.4. The highest BCUT2D eigenvalue weighted by Gasteiger charge is 2.22. The van der Waals surface area contributed by atoms with Gasteiger partial charge in [0.05, 0.1) is 6.04 Å². The van der Waals surface area contributed by atoms with Crippen LogP contribution in [-0.2, 0) is 9.59 Å². The van der Waals surface area contributed by atoms with Gasteiger partial charge in [0, 0.05) is 37.7 Å². The Hall–Kier alpha value is -2.57. The lowest BCUT2D eigenvalue weighted by atomic mass is 10.1. The highest BCUT2D eigenvalue weighted by Crippen LogP contribution is 2.16. The molecule has 1 fully saturated rings. The first-order valence-electron chi connectivity index (χ1n) is 9.13. The minimum atomic E-state index is -0.264. The molecule has 1 aliphatic rings. The van der Waals surface area contributed by atoms with E-state index in [1.165, 1.54) is 0 Å². The average Bonchev–Trinajstić information content (AvgIpc) is 2.99. The highest BCUT2D eigenvalue weighted by atomic mass is 16.2. The van der Waals surface area contributed by atoms with E-state index in [2.05, 4.69) is 16.0 Å². The van der Waals surface area contributed by atoms with Crippen molar-refractivity contribution in [2.24, 2.45) is 0 Å². The van der Waals surface area contributed by atoms with Crippen molar-refractivity contribution in [1.82, 2.24) is 15.5 Å². The normalized spacial score (nSPS) is 16.1. The van der Waals surface area contributed by atoms with Crippen LogP contribution in [0.3, 0.4) is 0 Å². The van der Waals surface area contributed by atoms with Gasteiger partial charge in [-0.25, -0.2) is 4.79 Å². The molecule has 3 N–H and O–H groups in total. The first-order valence-corrected chi connectivity index (χ1v) is 9.13. The van der Waals surface area contributed by atoms with Crippen LogP contribution in [0.1, 0.15) is 51.6 Å². The summed E-state index contributed by atoms with van der Waals surface area (Å²) >= 11 is 0. The lowest BCUT2D eigenvalue weighted by molar-refractivity contribution is -0.128. The van der Waals surface area contributed by atoms with E-state index in [0.29, 0.717) is 19.4 Å². The van der Waals surface area contributed by atoms with Crippen LogP contribution < -0.4 is 16.0 Å². The molecule has 0 radical (unpaired) electrons. The van der Waals surface area contributed by atoms with E-state index in [9.17, 15) is 14.4 Å². The fourth-order valence-corrected chi connectivity index (χ4v) is 2.92. The summed E-state index contributed by atoms with van der Waals surface area (Å²) in [5.41, 5.74) is 1.68. The molecule has 26 heavy (non-hydrogen) atoms. The minimum Gasteiger partial charge on any atom is -0.341 e. The van der Waals surface area contributed by atoms with Crippen molar-refractivity contribution in [1.29, 1.82) is 0 Å². The van der Waals surface area contributed by atoms with Gasteiger partial charge in [-0.1, -0.05) is 19.1 Å². The maximum absolute atomic E-state index is 12.2.